The SMILES string of the molecule is CN=C(NCCCCC(C)C)NCCNC(=O)Cc1ccc(F)cc1.I. The second-order valence-corrected chi connectivity index (χ2v) is 6.47. The van der Waals surface area contributed by atoms with Crippen molar-refractivity contribution in [2.75, 3.05) is 26.7 Å². The third kappa shape index (κ3) is 12.1. The van der Waals surface area contributed by atoms with Crippen LogP contribution in [0.1, 0.15) is 38.7 Å². The highest BCUT2D eigenvalue weighted by Gasteiger charge is 2.03. The predicted octanol–water partition coefficient (Wildman–Crippen LogP) is 3.09. The average Bonchev–Trinajstić information content (AvgIpc) is 2.58. The summed E-state index contributed by atoms with van der Waals surface area (Å²) in [6, 6.07) is 5.97. The van der Waals surface area contributed by atoms with E-state index >= 15 is 0 Å². The first-order chi connectivity index (χ1) is 12.0. The average molecular weight is 478 g/mol. The summed E-state index contributed by atoms with van der Waals surface area (Å²) < 4.78 is 12.8. The fraction of sp³-hybridized carbons (Fsp3) is 0.579. The van der Waals surface area contributed by atoms with Crippen molar-refractivity contribution >= 4 is 35.8 Å². The maximum Gasteiger partial charge on any atom is 0.224 e. The van der Waals surface area contributed by atoms with Crippen LogP contribution in [-0.4, -0.2) is 38.5 Å². The standard InChI is InChI=1S/C19H31FN4O.HI/c1-15(2)6-4-5-11-23-19(21-3)24-13-12-22-18(25)14-16-7-9-17(20)10-8-16;/h7-10,15H,4-6,11-14H2,1-3H3,(H,22,25)(H2,21,23,24);1H. The monoisotopic (exact) mass is 478 g/mol. The van der Waals surface area contributed by atoms with Crippen molar-refractivity contribution in [3.05, 3.63) is 35.6 Å². The molecule has 0 aliphatic rings. The van der Waals surface area contributed by atoms with Gasteiger partial charge < -0.3 is 16.0 Å². The van der Waals surface area contributed by atoms with Crippen LogP contribution in [-0.2, 0) is 11.2 Å². The number of nitrogens with one attached hydrogen (secondary N) is 3. The largest absolute Gasteiger partial charge is 0.356 e. The number of hydrogen-bond donors (Lipinski definition) is 3. The molecule has 0 aromatic heterocycles. The fourth-order valence-electron chi connectivity index (χ4n) is 2.34. The minimum atomic E-state index is -0.295. The lowest BCUT2D eigenvalue weighted by Gasteiger charge is -2.12. The summed E-state index contributed by atoms with van der Waals surface area (Å²) in [6.07, 6.45) is 3.82. The van der Waals surface area contributed by atoms with Gasteiger partial charge in [-0.3, -0.25) is 9.79 Å². The molecule has 3 N–H and O–H groups in total. The lowest BCUT2D eigenvalue weighted by atomic mass is 10.1. The van der Waals surface area contributed by atoms with Crippen LogP contribution in [0, 0.1) is 11.7 Å². The van der Waals surface area contributed by atoms with E-state index in [9.17, 15) is 9.18 Å². The van der Waals surface area contributed by atoms with Crippen molar-refractivity contribution in [2.24, 2.45) is 10.9 Å². The van der Waals surface area contributed by atoms with E-state index in [0.29, 0.717) is 13.1 Å². The van der Waals surface area contributed by atoms with Gasteiger partial charge in [-0.05, 0) is 30.0 Å². The van der Waals surface area contributed by atoms with E-state index in [-0.39, 0.29) is 42.1 Å². The summed E-state index contributed by atoms with van der Waals surface area (Å²) in [5.74, 6) is 1.12. The van der Waals surface area contributed by atoms with Crippen molar-refractivity contribution in [3.63, 3.8) is 0 Å². The Bertz CT molecular complexity index is 535. The first kappa shape index (κ1) is 24.6. The smallest absolute Gasteiger partial charge is 0.224 e. The molecule has 0 saturated heterocycles. The minimum absolute atomic E-state index is 0. The van der Waals surface area contributed by atoms with Gasteiger partial charge in [-0.1, -0.05) is 38.8 Å². The summed E-state index contributed by atoms with van der Waals surface area (Å²) in [5, 5.41) is 9.27. The molecule has 148 valence electrons. The Labute approximate surface area is 173 Å². The fourth-order valence-corrected chi connectivity index (χ4v) is 2.34. The van der Waals surface area contributed by atoms with Crippen LogP contribution < -0.4 is 16.0 Å². The third-order valence-corrected chi connectivity index (χ3v) is 3.74. The van der Waals surface area contributed by atoms with Gasteiger partial charge in [-0.2, -0.15) is 0 Å². The molecule has 0 bridgehead atoms. The van der Waals surface area contributed by atoms with Crippen molar-refractivity contribution in [1.82, 2.24) is 16.0 Å². The van der Waals surface area contributed by atoms with Crippen molar-refractivity contribution in [3.8, 4) is 0 Å². The topological polar surface area (TPSA) is 65.5 Å². The molecular weight excluding hydrogens is 446 g/mol. The summed E-state index contributed by atoms with van der Waals surface area (Å²) in [7, 11) is 1.73. The van der Waals surface area contributed by atoms with E-state index in [4.69, 9.17) is 0 Å². The molecule has 0 radical (unpaired) electrons. The molecule has 1 aromatic carbocycles. The predicted molar refractivity (Wildman–Crippen MR) is 117 cm³/mol. The zero-order valence-electron chi connectivity index (χ0n) is 16.0. The van der Waals surface area contributed by atoms with Gasteiger partial charge in [0.1, 0.15) is 5.82 Å². The van der Waals surface area contributed by atoms with Crippen LogP contribution in [0.5, 0.6) is 0 Å². The van der Waals surface area contributed by atoms with Gasteiger partial charge in [0.2, 0.25) is 5.91 Å². The quantitative estimate of drug-likeness (QED) is 0.210. The molecule has 0 spiro atoms. The number of halogens is 2. The molecule has 0 atom stereocenters. The molecule has 0 aliphatic heterocycles. The Hall–Kier alpha value is -1.38. The number of aliphatic imine (C=N–C) groups is 1. The Kier molecular flexibility index (Phi) is 14.0. The molecule has 0 aliphatic carbocycles. The second kappa shape index (κ2) is 14.8. The van der Waals surface area contributed by atoms with Crippen LogP contribution in [0.25, 0.3) is 0 Å². The normalized spacial score (nSPS) is 11.0. The number of hydrogen-bond acceptors (Lipinski definition) is 2. The van der Waals surface area contributed by atoms with E-state index < -0.39 is 0 Å². The van der Waals surface area contributed by atoms with Gasteiger partial charge in [0.25, 0.3) is 0 Å². The van der Waals surface area contributed by atoms with Gasteiger partial charge in [0, 0.05) is 26.7 Å². The summed E-state index contributed by atoms with van der Waals surface area (Å²) in [6.45, 7) is 6.47. The Morgan fingerprint density at radius 2 is 1.65 bits per heavy atom. The molecule has 0 saturated carbocycles. The van der Waals surface area contributed by atoms with Crippen molar-refractivity contribution < 1.29 is 9.18 Å². The van der Waals surface area contributed by atoms with Gasteiger partial charge in [0.05, 0.1) is 6.42 Å². The number of carbonyl (C=O) groups excluding carboxylic acids is 1. The number of amides is 1. The van der Waals surface area contributed by atoms with E-state index in [1.807, 2.05) is 0 Å². The molecule has 0 fully saturated rings. The van der Waals surface area contributed by atoms with Crippen LogP contribution >= 0.6 is 24.0 Å². The Balaban J connectivity index is 0.00000625. The molecule has 0 unspecified atom stereocenters. The molecule has 1 rings (SSSR count). The van der Waals surface area contributed by atoms with Crippen LogP contribution in [0.2, 0.25) is 0 Å². The van der Waals surface area contributed by atoms with E-state index in [2.05, 4.69) is 34.8 Å². The van der Waals surface area contributed by atoms with E-state index in [0.717, 1.165) is 30.4 Å². The van der Waals surface area contributed by atoms with Gasteiger partial charge in [-0.25, -0.2) is 4.39 Å². The second-order valence-electron chi connectivity index (χ2n) is 6.47. The molecule has 7 heteroatoms. The number of rotatable bonds is 10. The first-order valence-electron chi connectivity index (χ1n) is 8.97. The summed E-state index contributed by atoms with van der Waals surface area (Å²) >= 11 is 0. The van der Waals surface area contributed by atoms with Gasteiger partial charge in [0.15, 0.2) is 5.96 Å². The molecule has 26 heavy (non-hydrogen) atoms. The van der Waals surface area contributed by atoms with Gasteiger partial charge in [-0.15, -0.1) is 24.0 Å². The zero-order chi connectivity index (χ0) is 18.5. The van der Waals surface area contributed by atoms with Crippen LogP contribution in [0.15, 0.2) is 29.3 Å². The number of carbonyl (C=O) groups is 1. The molecule has 1 amide bonds. The summed E-state index contributed by atoms with van der Waals surface area (Å²) in [4.78, 5) is 16.0. The highest BCUT2D eigenvalue weighted by atomic mass is 127. The third-order valence-electron chi connectivity index (χ3n) is 3.74. The van der Waals surface area contributed by atoms with Crippen molar-refractivity contribution in [1.29, 1.82) is 0 Å². The number of benzene rings is 1. The highest BCUT2D eigenvalue weighted by molar-refractivity contribution is 14.0. The molecule has 5 nitrogen and oxygen atoms in total. The van der Waals surface area contributed by atoms with Gasteiger partial charge >= 0.3 is 0 Å². The minimum Gasteiger partial charge on any atom is -0.356 e. The summed E-state index contributed by atoms with van der Waals surface area (Å²) in [5.41, 5.74) is 0.797. The van der Waals surface area contributed by atoms with E-state index in [1.54, 1.807) is 19.2 Å². The Morgan fingerprint density at radius 1 is 1.04 bits per heavy atom. The molecule has 1 aromatic rings. The first-order valence-corrected chi connectivity index (χ1v) is 8.97. The maximum atomic E-state index is 12.8. The molecule has 0 heterocycles. The number of unbranched alkanes of at least 4 members (excludes halogenated alkanes) is 1. The zero-order valence-corrected chi connectivity index (χ0v) is 18.3. The number of nitrogens with zero attached hydrogens (tertiary/aromatic N) is 1. The lowest BCUT2D eigenvalue weighted by molar-refractivity contribution is -0.120. The maximum absolute atomic E-state index is 12.8. The lowest BCUT2D eigenvalue weighted by Crippen LogP contribution is -2.42. The van der Waals surface area contributed by atoms with Crippen molar-refractivity contribution in [2.45, 2.75) is 39.5 Å². The van der Waals surface area contributed by atoms with Crippen LogP contribution in [0.3, 0.4) is 0 Å². The highest BCUT2D eigenvalue weighted by Crippen LogP contribution is 2.05. The van der Waals surface area contributed by atoms with E-state index in [1.165, 1.54) is 25.0 Å². The van der Waals surface area contributed by atoms with Crippen LogP contribution in [0.4, 0.5) is 4.39 Å². The number of guanidine groups is 1. The Morgan fingerprint density at radius 3 is 2.27 bits per heavy atom. The molecular formula is C19H32FIN4O.